The lowest BCUT2D eigenvalue weighted by Gasteiger charge is -2.34. The van der Waals surface area contributed by atoms with Crippen molar-refractivity contribution in [3.05, 3.63) is 89.5 Å². The second-order valence-electron chi connectivity index (χ2n) is 11.3. The van der Waals surface area contributed by atoms with Crippen molar-refractivity contribution in [1.82, 2.24) is 10.2 Å². The van der Waals surface area contributed by atoms with Gasteiger partial charge in [-0.05, 0) is 68.5 Å². The van der Waals surface area contributed by atoms with Gasteiger partial charge in [-0.2, -0.15) is 0 Å². The van der Waals surface area contributed by atoms with E-state index in [1.54, 1.807) is 30.3 Å². The van der Waals surface area contributed by atoms with Crippen LogP contribution in [0.2, 0.25) is 0 Å². The minimum atomic E-state index is -4.18. The van der Waals surface area contributed by atoms with Gasteiger partial charge in [0.05, 0.1) is 17.7 Å². The van der Waals surface area contributed by atoms with Gasteiger partial charge in [-0.25, -0.2) is 8.42 Å². The van der Waals surface area contributed by atoms with Gasteiger partial charge in [0, 0.05) is 12.6 Å². The second-order valence-corrected chi connectivity index (χ2v) is 13.1. The molecule has 0 bridgehead atoms. The van der Waals surface area contributed by atoms with Gasteiger partial charge < -0.3 is 15.0 Å². The number of aryl methyl sites for hydroxylation is 2. The van der Waals surface area contributed by atoms with Crippen molar-refractivity contribution in [3.8, 4) is 5.75 Å². The Balaban J connectivity index is 1.74. The monoisotopic (exact) mass is 605 g/mol. The quantitative estimate of drug-likeness (QED) is 0.283. The van der Waals surface area contributed by atoms with Crippen molar-refractivity contribution in [2.24, 2.45) is 0 Å². The van der Waals surface area contributed by atoms with Crippen LogP contribution in [0.5, 0.6) is 5.75 Å². The Morgan fingerprint density at radius 1 is 0.930 bits per heavy atom. The molecule has 2 amide bonds. The number of hydrogen-bond acceptors (Lipinski definition) is 5. The number of ether oxygens (including phenoxy) is 1. The Labute approximate surface area is 256 Å². The zero-order chi connectivity index (χ0) is 31.0. The molecule has 43 heavy (non-hydrogen) atoms. The summed E-state index contributed by atoms with van der Waals surface area (Å²) in [4.78, 5) is 29.6. The Bertz CT molecular complexity index is 1490. The van der Waals surface area contributed by atoms with E-state index in [4.69, 9.17) is 4.74 Å². The van der Waals surface area contributed by atoms with Crippen LogP contribution in [0.3, 0.4) is 0 Å². The molecule has 1 aliphatic rings. The third-order valence-electron chi connectivity index (χ3n) is 8.02. The van der Waals surface area contributed by atoms with Gasteiger partial charge in [-0.15, -0.1) is 0 Å². The van der Waals surface area contributed by atoms with E-state index in [1.807, 2.05) is 51.1 Å². The summed E-state index contributed by atoms with van der Waals surface area (Å²) in [5.74, 6) is -0.361. The second kappa shape index (κ2) is 14.6. The molecule has 0 aromatic heterocycles. The third-order valence-corrected chi connectivity index (χ3v) is 9.80. The van der Waals surface area contributed by atoms with Gasteiger partial charge in [0.25, 0.3) is 10.0 Å². The average molecular weight is 606 g/mol. The van der Waals surface area contributed by atoms with Crippen molar-refractivity contribution < 1.29 is 22.7 Å². The van der Waals surface area contributed by atoms with Crippen LogP contribution in [-0.4, -0.2) is 50.9 Å². The molecule has 4 rings (SSSR count). The number of nitrogens with one attached hydrogen (secondary N) is 1. The minimum absolute atomic E-state index is 0.0542. The molecule has 1 atom stereocenters. The van der Waals surface area contributed by atoms with Gasteiger partial charge in [0.2, 0.25) is 11.8 Å². The van der Waals surface area contributed by atoms with Crippen LogP contribution in [0.25, 0.3) is 0 Å². The molecule has 0 spiro atoms. The molecule has 8 nitrogen and oxygen atoms in total. The van der Waals surface area contributed by atoms with E-state index in [1.165, 1.54) is 24.1 Å². The van der Waals surface area contributed by atoms with E-state index >= 15 is 0 Å². The van der Waals surface area contributed by atoms with Gasteiger partial charge in [0.15, 0.2) is 0 Å². The number of anilines is 1. The number of nitrogens with zero attached hydrogens (tertiary/aromatic N) is 2. The van der Waals surface area contributed by atoms with Crippen molar-refractivity contribution in [2.75, 3.05) is 18.0 Å². The maximum Gasteiger partial charge on any atom is 0.264 e. The molecule has 0 heterocycles. The summed E-state index contributed by atoms with van der Waals surface area (Å²) in [6.07, 6.45) is 5.52. The fourth-order valence-electron chi connectivity index (χ4n) is 5.58. The summed E-state index contributed by atoms with van der Waals surface area (Å²) in [5.41, 5.74) is 3.00. The normalized spacial score (nSPS) is 14.5. The number of carbonyl (C=O) groups is 2. The molecule has 0 saturated heterocycles. The lowest BCUT2D eigenvalue weighted by atomic mass is 9.95. The van der Waals surface area contributed by atoms with Crippen molar-refractivity contribution in [2.45, 2.75) is 82.8 Å². The van der Waals surface area contributed by atoms with E-state index in [9.17, 15) is 18.0 Å². The highest BCUT2D eigenvalue weighted by atomic mass is 32.2. The summed E-state index contributed by atoms with van der Waals surface area (Å²) in [6.45, 7) is 5.38. The maximum absolute atomic E-state index is 14.4. The maximum atomic E-state index is 14.4. The third kappa shape index (κ3) is 7.96. The van der Waals surface area contributed by atoms with Crippen LogP contribution < -0.4 is 14.4 Å². The minimum Gasteiger partial charge on any atom is -0.495 e. The molecule has 3 aromatic rings. The molecule has 0 radical (unpaired) electrons. The summed E-state index contributed by atoms with van der Waals surface area (Å²) in [7, 11) is -2.71. The Kier molecular flexibility index (Phi) is 10.9. The highest BCUT2D eigenvalue weighted by Crippen LogP contribution is 2.34. The predicted octanol–water partition coefficient (Wildman–Crippen LogP) is 5.76. The molecular formula is C34H43N3O5S. The molecule has 1 N–H and O–H groups in total. The van der Waals surface area contributed by atoms with Gasteiger partial charge in [-0.3, -0.25) is 13.9 Å². The van der Waals surface area contributed by atoms with Crippen LogP contribution in [0, 0.1) is 13.8 Å². The Morgan fingerprint density at radius 3 is 2.21 bits per heavy atom. The number of benzene rings is 3. The van der Waals surface area contributed by atoms with Crippen LogP contribution in [0.15, 0.2) is 77.7 Å². The highest BCUT2D eigenvalue weighted by Gasteiger charge is 2.35. The SMILES string of the molecule is CC[C@H](C(=O)NC1CCCCC1)N(Cc1ccc(C)cc1)C(=O)CN(c1cc(C)ccc1OC)S(=O)(=O)c1ccccc1. The lowest BCUT2D eigenvalue weighted by molar-refractivity contribution is -0.140. The van der Waals surface area contributed by atoms with Gasteiger partial charge in [0.1, 0.15) is 18.3 Å². The summed E-state index contributed by atoms with van der Waals surface area (Å²) >= 11 is 0. The molecule has 1 saturated carbocycles. The Morgan fingerprint density at radius 2 is 1.58 bits per heavy atom. The van der Waals surface area contributed by atoms with Crippen LogP contribution in [0.1, 0.15) is 62.1 Å². The fourth-order valence-corrected chi connectivity index (χ4v) is 7.02. The van der Waals surface area contributed by atoms with E-state index < -0.39 is 28.5 Å². The largest absolute Gasteiger partial charge is 0.495 e. The van der Waals surface area contributed by atoms with Gasteiger partial charge in [-0.1, -0.05) is 80.3 Å². The molecule has 9 heteroatoms. The molecule has 230 valence electrons. The first-order chi connectivity index (χ1) is 20.6. The lowest BCUT2D eigenvalue weighted by Crippen LogP contribution is -2.54. The first-order valence-corrected chi connectivity index (χ1v) is 16.5. The molecule has 1 aliphatic carbocycles. The number of carbonyl (C=O) groups excluding carboxylic acids is 2. The van der Waals surface area contributed by atoms with Crippen LogP contribution >= 0.6 is 0 Å². The zero-order valence-electron chi connectivity index (χ0n) is 25.6. The van der Waals surface area contributed by atoms with Crippen molar-refractivity contribution >= 4 is 27.5 Å². The summed E-state index contributed by atoms with van der Waals surface area (Å²) in [6, 6.07) is 20.4. The van der Waals surface area contributed by atoms with E-state index in [0.717, 1.165) is 53.1 Å². The van der Waals surface area contributed by atoms with Crippen molar-refractivity contribution in [1.29, 1.82) is 0 Å². The molecule has 0 unspecified atom stereocenters. The molecule has 0 aliphatic heterocycles. The summed E-state index contributed by atoms with van der Waals surface area (Å²) < 4.78 is 34.9. The number of rotatable bonds is 12. The number of methoxy groups -OCH3 is 1. The average Bonchev–Trinajstić information content (AvgIpc) is 3.01. The zero-order valence-corrected chi connectivity index (χ0v) is 26.4. The first-order valence-electron chi connectivity index (χ1n) is 15.0. The predicted molar refractivity (Wildman–Crippen MR) is 170 cm³/mol. The first kappa shape index (κ1) is 32.1. The topological polar surface area (TPSA) is 96.0 Å². The molecular weight excluding hydrogens is 562 g/mol. The van der Waals surface area contributed by atoms with Gasteiger partial charge >= 0.3 is 0 Å². The van der Waals surface area contributed by atoms with E-state index in [2.05, 4.69) is 5.32 Å². The molecule has 3 aromatic carbocycles. The van der Waals surface area contributed by atoms with E-state index in [0.29, 0.717) is 12.2 Å². The molecule has 1 fully saturated rings. The van der Waals surface area contributed by atoms with Crippen molar-refractivity contribution in [3.63, 3.8) is 0 Å². The Hall–Kier alpha value is -3.85. The fraction of sp³-hybridized carbons (Fsp3) is 0.412. The number of amides is 2. The van der Waals surface area contributed by atoms with Crippen LogP contribution in [-0.2, 0) is 26.2 Å². The standard InChI is InChI=1S/C34H43N3O5S/c1-5-30(34(39)35-28-12-8-6-9-13-28)36(23-27-19-16-25(2)17-20-27)33(38)24-37(31-22-26(3)18-21-32(31)42-4)43(40,41)29-14-10-7-11-15-29/h7,10-11,14-22,28,30H,5-6,8-9,12-13,23-24H2,1-4H3,(H,35,39)/t30-/m1/s1. The number of sulfonamides is 1. The van der Waals surface area contributed by atoms with Crippen LogP contribution in [0.4, 0.5) is 5.69 Å². The van der Waals surface area contributed by atoms with E-state index in [-0.39, 0.29) is 29.1 Å². The smallest absolute Gasteiger partial charge is 0.264 e. The highest BCUT2D eigenvalue weighted by molar-refractivity contribution is 7.92. The summed E-state index contributed by atoms with van der Waals surface area (Å²) in [5, 5.41) is 3.18. The number of hydrogen-bond donors (Lipinski definition) is 1.